The van der Waals surface area contributed by atoms with Gasteiger partial charge in [-0.2, -0.15) is 0 Å². The molecule has 0 fully saturated rings. The maximum absolute atomic E-state index is 13.4. The summed E-state index contributed by atoms with van der Waals surface area (Å²) in [5, 5.41) is 12.0. The van der Waals surface area contributed by atoms with Gasteiger partial charge in [-0.25, -0.2) is 0 Å². The van der Waals surface area contributed by atoms with Gasteiger partial charge in [0, 0.05) is 24.5 Å². The first-order chi connectivity index (χ1) is 14.9. The Bertz CT molecular complexity index is 842. The first-order valence-corrected chi connectivity index (χ1v) is 11.8. The summed E-state index contributed by atoms with van der Waals surface area (Å²) < 4.78 is 11.5. The van der Waals surface area contributed by atoms with Crippen molar-refractivity contribution in [2.24, 2.45) is 5.92 Å². The van der Waals surface area contributed by atoms with Crippen LogP contribution in [0.3, 0.4) is 0 Å². The lowest BCUT2D eigenvalue weighted by Gasteiger charge is -2.37. The molecule has 2 heterocycles. The molecule has 0 saturated carbocycles. The van der Waals surface area contributed by atoms with Crippen LogP contribution in [0.25, 0.3) is 0 Å². The molecule has 1 aromatic carbocycles. The van der Waals surface area contributed by atoms with E-state index >= 15 is 0 Å². The summed E-state index contributed by atoms with van der Waals surface area (Å²) in [5.41, 5.74) is 1.17. The largest absolute Gasteiger partial charge is 0.493 e. The second kappa shape index (κ2) is 11.0. The number of ether oxygens (including phenoxy) is 2. The Labute approximate surface area is 189 Å². The Morgan fingerprint density at radius 2 is 1.97 bits per heavy atom. The molecule has 0 unspecified atom stereocenters. The summed E-state index contributed by atoms with van der Waals surface area (Å²) in [6, 6.07) is 9.55. The van der Waals surface area contributed by atoms with Gasteiger partial charge in [-0.1, -0.05) is 26.0 Å². The van der Waals surface area contributed by atoms with Gasteiger partial charge in [0.2, 0.25) is 5.91 Å². The minimum atomic E-state index is -0.471. The molecule has 0 radical (unpaired) electrons. The first-order valence-electron chi connectivity index (χ1n) is 10.9. The molecule has 31 heavy (non-hydrogen) atoms. The number of methoxy groups -OCH3 is 1. The zero-order valence-electron chi connectivity index (χ0n) is 18.9. The number of carbonyl (C=O) groups excluding carboxylic acids is 1. The third kappa shape index (κ3) is 6.21. The topological polar surface area (TPSA) is 62.2 Å². The van der Waals surface area contributed by atoms with Gasteiger partial charge in [-0.05, 0) is 48.4 Å². The van der Waals surface area contributed by atoms with E-state index in [9.17, 15) is 9.90 Å². The molecule has 2 aromatic rings. The van der Waals surface area contributed by atoms with Crippen molar-refractivity contribution in [3.63, 3.8) is 0 Å². The smallest absolute Gasteiger partial charge is 0.237 e. The van der Waals surface area contributed by atoms with Crippen LogP contribution in [-0.2, 0) is 11.2 Å². The first kappa shape index (κ1) is 23.6. The monoisotopic (exact) mass is 446 g/mol. The van der Waals surface area contributed by atoms with Crippen LogP contribution in [0.15, 0.2) is 35.7 Å². The van der Waals surface area contributed by atoms with E-state index in [1.165, 1.54) is 10.4 Å². The fourth-order valence-electron chi connectivity index (χ4n) is 4.16. The lowest BCUT2D eigenvalue weighted by atomic mass is 10.00. The predicted molar refractivity (Wildman–Crippen MR) is 124 cm³/mol. The van der Waals surface area contributed by atoms with E-state index in [-0.39, 0.29) is 11.9 Å². The van der Waals surface area contributed by atoms with E-state index in [0.29, 0.717) is 43.7 Å². The van der Waals surface area contributed by atoms with E-state index in [1.54, 1.807) is 25.4 Å². The molecular weight excluding hydrogens is 412 g/mol. The van der Waals surface area contributed by atoms with E-state index in [4.69, 9.17) is 9.47 Å². The number of aliphatic hydroxyl groups excluding tert-OH is 1. The Balaban J connectivity index is 1.76. The second-order valence-electron chi connectivity index (χ2n) is 8.55. The molecule has 0 bridgehead atoms. The van der Waals surface area contributed by atoms with Crippen molar-refractivity contribution >= 4 is 17.2 Å². The molecule has 1 amide bonds. The maximum atomic E-state index is 13.4. The van der Waals surface area contributed by atoms with Crippen molar-refractivity contribution in [2.45, 2.75) is 39.3 Å². The molecule has 0 spiro atoms. The average Bonchev–Trinajstić information content (AvgIpc) is 3.20. The number of nitrogens with zero attached hydrogens (tertiary/aromatic N) is 2. The van der Waals surface area contributed by atoms with Gasteiger partial charge < -0.3 is 19.5 Å². The highest BCUT2D eigenvalue weighted by molar-refractivity contribution is 7.10. The van der Waals surface area contributed by atoms with Crippen LogP contribution >= 0.6 is 11.3 Å². The van der Waals surface area contributed by atoms with Gasteiger partial charge in [-0.15, -0.1) is 11.3 Å². The van der Waals surface area contributed by atoms with Crippen molar-refractivity contribution in [3.8, 4) is 11.5 Å². The van der Waals surface area contributed by atoms with Crippen LogP contribution < -0.4 is 9.47 Å². The van der Waals surface area contributed by atoms with Crippen molar-refractivity contribution in [3.05, 3.63) is 46.2 Å². The lowest BCUT2D eigenvalue weighted by Crippen LogP contribution is -2.48. The minimum absolute atomic E-state index is 0.0757. The summed E-state index contributed by atoms with van der Waals surface area (Å²) in [7, 11) is 1.63. The highest BCUT2D eigenvalue weighted by Gasteiger charge is 2.33. The molecule has 7 heteroatoms. The Hall–Kier alpha value is -2.09. The highest BCUT2D eigenvalue weighted by Crippen LogP contribution is 2.35. The van der Waals surface area contributed by atoms with Gasteiger partial charge in [0.15, 0.2) is 11.5 Å². The number of benzene rings is 1. The highest BCUT2D eigenvalue weighted by atomic mass is 32.1. The van der Waals surface area contributed by atoms with Crippen molar-refractivity contribution < 1.29 is 19.4 Å². The predicted octanol–water partition coefficient (Wildman–Crippen LogP) is 3.60. The minimum Gasteiger partial charge on any atom is -0.493 e. The van der Waals surface area contributed by atoms with E-state index in [2.05, 4.69) is 30.2 Å². The van der Waals surface area contributed by atoms with Crippen molar-refractivity contribution in [1.29, 1.82) is 0 Å². The third-order valence-electron chi connectivity index (χ3n) is 5.39. The van der Waals surface area contributed by atoms with Crippen LogP contribution in [0.4, 0.5) is 0 Å². The second-order valence-corrected chi connectivity index (χ2v) is 9.55. The Morgan fingerprint density at radius 3 is 2.65 bits per heavy atom. The molecule has 6 nitrogen and oxygen atoms in total. The van der Waals surface area contributed by atoms with E-state index in [1.807, 2.05) is 29.2 Å². The molecule has 1 aromatic heterocycles. The van der Waals surface area contributed by atoms with Gasteiger partial charge in [-0.3, -0.25) is 9.69 Å². The van der Waals surface area contributed by atoms with Crippen molar-refractivity contribution in [2.75, 3.05) is 39.9 Å². The molecular formula is C24H34N2O4S. The molecule has 0 aliphatic carbocycles. The molecule has 0 saturated heterocycles. The zero-order chi connectivity index (χ0) is 22.4. The Morgan fingerprint density at radius 1 is 1.23 bits per heavy atom. The summed E-state index contributed by atoms with van der Waals surface area (Å²) >= 11 is 1.74. The van der Waals surface area contributed by atoms with Crippen LogP contribution in [0.2, 0.25) is 0 Å². The molecule has 2 atom stereocenters. The summed E-state index contributed by atoms with van der Waals surface area (Å²) in [4.78, 5) is 18.7. The Kier molecular flexibility index (Phi) is 8.35. The number of aliphatic hydroxyl groups is 1. The number of carbonyl (C=O) groups is 1. The summed E-state index contributed by atoms with van der Waals surface area (Å²) in [6.45, 7) is 8.63. The number of fused-ring (bicyclic) bond motifs is 1. The zero-order valence-corrected chi connectivity index (χ0v) is 19.7. The van der Waals surface area contributed by atoms with Gasteiger partial charge in [0.1, 0.15) is 6.61 Å². The van der Waals surface area contributed by atoms with E-state index < -0.39 is 6.10 Å². The van der Waals surface area contributed by atoms with Crippen LogP contribution in [0.5, 0.6) is 11.5 Å². The molecule has 1 aliphatic heterocycles. The fraction of sp³-hybridized carbons (Fsp3) is 0.542. The molecule has 170 valence electrons. The number of rotatable bonds is 10. The molecule has 1 aliphatic rings. The summed E-state index contributed by atoms with van der Waals surface area (Å²) in [5.74, 6) is 1.85. The number of para-hydroxylation sites is 2. The number of hydrogen-bond acceptors (Lipinski definition) is 6. The quantitative estimate of drug-likeness (QED) is 0.604. The number of hydrogen-bond donors (Lipinski definition) is 1. The fourth-order valence-corrected chi connectivity index (χ4v) is 5.09. The number of thiophene rings is 1. The maximum Gasteiger partial charge on any atom is 0.237 e. The SMILES string of the molecule is COc1ccccc1OC[C@@H]1c2ccsc2CCN1C(=O)CN(CC(C)C)C[C@H](C)O. The lowest BCUT2D eigenvalue weighted by molar-refractivity contribution is -0.136. The standard InChI is InChI=1S/C24H34N2O4S/c1-17(2)13-25(14-18(3)27)15-24(28)26-11-9-23-19(10-12-31-23)20(26)16-30-22-8-6-5-7-21(22)29-4/h5-8,10,12,17-18,20,27H,9,11,13-16H2,1-4H3/t18-,20+/m0/s1. The van der Waals surface area contributed by atoms with E-state index in [0.717, 1.165) is 13.0 Å². The summed E-state index contributed by atoms with van der Waals surface area (Å²) in [6.07, 6.45) is 0.394. The van der Waals surface area contributed by atoms with Gasteiger partial charge in [0.25, 0.3) is 0 Å². The normalized spacial score (nSPS) is 17.0. The van der Waals surface area contributed by atoms with Gasteiger partial charge in [0.05, 0.1) is 25.8 Å². The van der Waals surface area contributed by atoms with Crippen LogP contribution in [-0.4, -0.2) is 66.8 Å². The van der Waals surface area contributed by atoms with Gasteiger partial charge >= 0.3 is 0 Å². The van der Waals surface area contributed by atoms with Crippen LogP contribution in [0, 0.1) is 5.92 Å². The molecule has 1 N–H and O–H groups in total. The van der Waals surface area contributed by atoms with Crippen molar-refractivity contribution in [1.82, 2.24) is 9.80 Å². The molecule has 3 rings (SSSR count). The van der Waals surface area contributed by atoms with Crippen LogP contribution in [0.1, 0.15) is 37.3 Å². The average molecular weight is 447 g/mol. The third-order valence-corrected chi connectivity index (χ3v) is 6.38. The number of amides is 1.